The second-order valence-corrected chi connectivity index (χ2v) is 9.05. The molecule has 1 atom stereocenters. The molecule has 28 heavy (non-hydrogen) atoms. The molecule has 1 aromatic heterocycles. The number of aliphatic hydroxyl groups is 1. The molecule has 1 N–H and O–H groups in total. The molecule has 0 amide bonds. The van der Waals surface area contributed by atoms with E-state index in [9.17, 15) is 18.3 Å². The molecule has 1 aliphatic heterocycles. The maximum absolute atomic E-state index is 13.4. The maximum atomic E-state index is 13.4. The van der Waals surface area contributed by atoms with Gasteiger partial charge in [0.15, 0.2) is 0 Å². The lowest BCUT2D eigenvalue weighted by Crippen LogP contribution is -2.36. The van der Waals surface area contributed by atoms with E-state index in [1.54, 1.807) is 32.3 Å². The van der Waals surface area contributed by atoms with Crippen LogP contribution in [-0.2, 0) is 24.1 Å². The molecule has 2 heterocycles. The largest absolute Gasteiger partial charge is 0.396 e. The Morgan fingerprint density at radius 3 is 2.54 bits per heavy atom. The molecular weight excluding hydrogens is 378 g/mol. The number of rotatable bonds is 4. The second kappa shape index (κ2) is 6.79. The number of aromatic nitrogens is 2. The van der Waals surface area contributed by atoms with Gasteiger partial charge in [0, 0.05) is 27.2 Å². The monoisotopic (exact) mass is 401 g/mol. The Morgan fingerprint density at radius 2 is 1.79 bits per heavy atom. The summed E-state index contributed by atoms with van der Waals surface area (Å²) < 4.78 is 31.3. The Hall–Kier alpha value is -2.58. The lowest BCUT2D eigenvalue weighted by atomic mass is 9.89. The summed E-state index contributed by atoms with van der Waals surface area (Å²) in [7, 11) is -0.476. The minimum absolute atomic E-state index is 0.0739. The number of fused-ring (bicyclic) bond motifs is 2. The van der Waals surface area contributed by atoms with Crippen molar-refractivity contribution in [2.75, 3.05) is 17.5 Å². The molecule has 0 saturated carbocycles. The van der Waals surface area contributed by atoms with Crippen LogP contribution in [0.2, 0.25) is 0 Å². The Kier molecular flexibility index (Phi) is 4.55. The van der Waals surface area contributed by atoms with Crippen LogP contribution in [0.3, 0.4) is 0 Å². The molecule has 7 nitrogen and oxygen atoms in total. The topological polar surface area (TPSA) is 84.5 Å². The Morgan fingerprint density at radius 1 is 1.07 bits per heavy atom. The van der Waals surface area contributed by atoms with E-state index < -0.39 is 10.0 Å². The van der Waals surface area contributed by atoms with Crippen LogP contribution in [0.5, 0.6) is 0 Å². The summed E-state index contributed by atoms with van der Waals surface area (Å²) in [5.41, 5.74) is 2.68. The Labute approximate surface area is 163 Å². The van der Waals surface area contributed by atoms with Crippen molar-refractivity contribution in [3.05, 3.63) is 58.5 Å². The van der Waals surface area contributed by atoms with Gasteiger partial charge in [-0.3, -0.25) is 13.4 Å². The summed E-state index contributed by atoms with van der Waals surface area (Å²) in [4.78, 5) is 12.3. The van der Waals surface area contributed by atoms with Crippen molar-refractivity contribution >= 4 is 26.7 Å². The fourth-order valence-electron chi connectivity index (χ4n) is 4.09. The van der Waals surface area contributed by atoms with Gasteiger partial charge in [-0.2, -0.15) is 0 Å². The van der Waals surface area contributed by atoms with Gasteiger partial charge in [-0.05, 0) is 48.6 Å². The third-order valence-electron chi connectivity index (χ3n) is 5.63. The van der Waals surface area contributed by atoms with Crippen molar-refractivity contribution in [3.8, 4) is 0 Å². The van der Waals surface area contributed by atoms with Gasteiger partial charge in [0.2, 0.25) is 0 Å². The quantitative estimate of drug-likeness (QED) is 0.724. The van der Waals surface area contributed by atoms with Crippen LogP contribution in [-0.4, -0.2) is 35.8 Å². The van der Waals surface area contributed by atoms with Crippen LogP contribution in [0.4, 0.5) is 5.69 Å². The predicted octanol–water partition coefficient (Wildman–Crippen LogP) is 1.94. The van der Waals surface area contributed by atoms with E-state index in [1.165, 1.54) is 13.4 Å². The van der Waals surface area contributed by atoms with Crippen molar-refractivity contribution in [3.63, 3.8) is 0 Å². The van der Waals surface area contributed by atoms with Crippen LogP contribution in [0, 0.1) is 0 Å². The van der Waals surface area contributed by atoms with Crippen LogP contribution in [0.1, 0.15) is 24.3 Å². The van der Waals surface area contributed by atoms with E-state index in [4.69, 9.17) is 0 Å². The van der Waals surface area contributed by atoms with E-state index in [0.717, 1.165) is 5.56 Å². The highest BCUT2D eigenvalue weighted by Gasteiger charge is 2.33. The first kappa shape index (κ1) is 18.8. The number of para-hydroxylation sites is 1. The molecule has 148 valence electrons. The molecule has 0 radical (unpaired) electrons. The van der Waals surface area contributed by atoms with E-state index in [0.29, 0.717) is 36.1 Å². The first-order valence-corrected chi connectivity index (χ1v) is 10.7. The lowest BCUT2D eigenvalue weighted by molar-refractivity contribution is 0.272. The molecule has 0 saturated heterocycles. The molecule has 0 aliphatic carbocycles. The molecule has 4 rings (SSSR count). The molecule has 0 fully saturated rings. The van der Waals surface area contributed by atoms with Crippen molar-refractivity contribution in [1.29, 1.82) is 0 Å². The third-order valence-corrected chi connectivity index (χ3v) is 7.44. The fourth-order valence-corrected chi connectivity index (χ4v) is 5.61. The first-order chi connectivity index (χ1) is 13.4. The smallest absolute Gasteiger partial charge is 0.328 e. The van der Waals surface area contributed by atoms with Crippen molar-refractivity contribution in [2.45, 2.75) is 23.7 Å². The summed E-state index contributed by atoms with van der Waals surface area (Å²) in [6.07, 6.45) is 1.27. The number of hydrogen-bond acceptors (Lipinski definition) is 4. The van der Waals surface area contributed by atoms with Gasteiger partial charge in [-0.1, -0.05) is 18.2 Å². The van der Waals surface area contributed by atoms with Crippen LogP contribution in [0.25, 0.3) is 11.0 Å². The maximum Gasteiger partial charge on any atom is 0.328 e. The minimum atomic E-state index is -3.78. The Balaban J connectivity index is 1.83. The van der Waals surface area contributed by atoms with E-state index in [2.05, 4.69) is 0 Å². The number of nitrogens with zero attached hydrogens (tertiary/aromatic N) is 3. The van der Waals surface area contributed by atoms with E-state index in [1.807, 2.05) is 24.3 Å². The number of anilines is 1. The second-order valence-electron chi connectivity index (χ2n) is 7.18. The number of aryl methyl sites for hydroxylation is 2. The normalized spacial score (nSPS) is 17.1. The predicted molar refractivity (Wildman–Crippen MR) is 108 cm³/mol. The van der Waals surface area contributed by atoms with Gasteiger partial charge in [0.1, 0.15) is 0 Å². The zero-order valence-electron chi connectivity index (χ0n) is 15.9. The van der Waals surface area contributed by atoms with E-state index >= 15 is 0 Å². The molecule has 0 bridgehead atoms. The summed E-state index contributed by atoms with van der Waals surface area (Å²) in [6, 6.07) is 12.3. The third kappa shape index (κ3) is 2.75. The highest BCUT2D eigenvalue weighted by Crippen LogP contribution is 2.39. The molecular formula is C20H23N3O4S. The molecule has 0 spiro atoms. The lowest BCUT2D eigenvalue weighted by Gasteiger charge is -2.34. The van der Waals surface area contributed by atoms with Crippen LogP contribution < -0.4 is 9.99 Å². The van der Waals surface area contributed by atoms with Gasteiger partial charge >= 0.3 is 5.69 Å². The van der Waals surface area contributed by atoms with Gasteiger partial charge in [0.05, 0.1) is 21.6 Å². The number of benzene rings is 2. The zero-order valence-corrected chi connectivity index (χ0v) is 16.7. The number of imidazole rings is 1. The van der Waals surface area contributed by atoms with Crippen LogP contribution >= 0.6 is 0 Å². The molecule has 2 aromatic carbocycles. The number of sulfonamides is 1. The van der Waals surface area contributed by atoms with Gasteiger partial charge in [-0.15, -0.1) is 0 Å². The van der Waals surface area contributed by atoms with Crippen molar-refractivity contribution in [1.82, 2.24) is 9.13 Å². The van der Waals surface area contributed by atoms with Crippen LogP contribution in [0.15, 0.2) is 52.2 Å². The average molecular weight is 401 g/mol. The molecule has 8 heteroatoms. The number of aliphatic hydroxyl groups excluding tert-OH is 1. The average Bonchev–Trinajstić information content (AvgIpc) is 2.92. The standard InChI is InChI=1S/C20H23N3O4S/c1-21-18-8-7-15(13-19(18)22(2)20(21)25)28(26,27)23-11-9-14(10-12-24)16-5-3-4-6-17(16)23/h3-8,13-14,24H,9-12H2,1-2H3. The molecule has 3 aromatic rings. The van der Waals surface area contributed by atoms with Gasteiger partial charge in [0.25, 0.3) is 10.0 Å². The van der Waals surface area contributed by atoms with Crippen molar-refractivity contribution < 1.29 is 13.5 Å². The SMILES string of the molecule is Cn1c(=O)n(C)c2cc(S(=O)(=O)N3CCC(CCO)c4ccccc43)ccc21. The van der Waals surface area contributed by atoms with Crippen molar-refractivity contribution in [2.24, 2.45) is 14.1 Å². The van der Waals surface area contributed by atoms with Gasteiger partial charge in [-0.25, -0.2) is 13.2 Å². The van der Waals surface area contributed by atoms with Gasteiger partial charge < -0.3 is 5.11 Å². The highest BCUT2D eigenvalue weighted by molar-refractivity contribution is 7.92. The summed E-state index contributed by atoms with van der Waals surface area (Å²) in [6.45, 7) is 0.431. The zero-order chi connectivity index (χ0) is 20.1. The Bertz CT molecular complexity index is 1210. The molecule has 1 aliphatic rings. The highest BCUT2D eigenvalue weighted by atomic mass is 32.2. The summed E-state index contributed by atoms with van der Waals surface area (Å²) in [5, 5.41) is 9.34. The summed E-state index contributed by atoms with van der Waals surface area (Å²) in [5.74, 6) is 0.144. The first-order valence-electron chi connectivity index (χ1n) is 9.24. The number of hydrogen-bond donors (Lipinski definition) is 1. The molecule has 1 unspecified atom stereocenters. The van der Waals surface area contributed by atoms with E-state index in [-0.39, 0.29) is 23.1 Å². The minimum Gasteiger partial charge on any atom is -0.396 e. The fraction of sp³-hybridized carbons (Fsp3) is 0.350. The summed E-state index contributed by atoms with van der Waals surface area (Å²) >= 11 is 0.